The van der Waals surface area contributed by atoms with Crippen LogP contribution in [0.25, 0.3) is 0 Å². The van der Waals surface area contributed by atoms with Gasteiger partial charge in [-0.05, 0) is 30.9 Å². The van der Waals surface area contributed by atoms with Gasteiger partial charge in [0.05, 0.1) is 0 Å². The second kappa shape index (κ2) is 13.0. The van der Waals surface area contributed by atoms with Gasteiger partial charge in [0.15, 0.2) is 5.96 Å². The zero-order chi connectivity index (χ0) is 17.1. The van der Waals surface area contributed by atoms with Crippen molar-refractivity contribution in [1.29, 1.82) is 0 Å². The van der Waals surface area contributed by atoms with Crippen molar-refractivity contribution < 1.29 is 9.53 Å². The Hall–Kier alpha value is -0.220. The number of guanidine groups is 1. The van der Waals surface area contributed by atoms with Crippen molar-refractivity contribution >= 4 is 47.6 Å². The lowest BCUT2D eigenvalue weighted by atomic mass is 9.67. The van der Waals surface area contributed by atoms with Crippen LogP contribution in [-0.2, 0) is 9.53 Å². The van der Waals surface area contributed by atoms with Crippen LogP contribution in [0.4, 0.5) is 0 Å². The summed E-state index contributed by atoms with van der Waals surface area (Å²) in [5, 5.41) is 6.74. The highest BCUT2D eigenvalue weighted by Crippen LogP contribution is 2.43. The smallest absolute Gasteiger partial charge is 0.243 e. The molecule has 0 radical (unpaired) electrons. The Morgan fingerprint density at radius 1 is 1.33 bits per heavy atom. The first-order chi connectivity index (χ1) is 11.0. The normalized spacial score (nSPS) is 15.9. The summed E-state index contributed by atoms with van der Waals surface area (Å²) in [5.41, 5.74) is 0.323. The number of amides is 1. The fourth-order valence-corrected chi connectivity index (χ4v) is 2.82. The van der Waals surface area contributed by atoms with Gasteiger partial charge >= 0.3 is 0 Å². The fourth-order valence-electron chi connectivity index (χ4n) is 2.52. The van der Waals surface area contributed by atoms with Crippen LogP contribution in [0.2, 0.25) is 0 Å². The number of nitrogens with one attached hydrogen (secondary N) is 2. The minimum absolute atomic E-state index is 0. The largest absolute Gasteiger partial charge is 0.385 e. The van der Waals surface area contributed by atoms with Gasteiger partial charge in [0.2, 0.25) is 5.91 Å². The fraction of sp³-hybridized carbons (Fsp3) is 0.875. The zero-order valence-electron chi connectivity index (χ0n) is 15.4. The minimum atomic E-state index is 0. The van der Waals surface area contributed by atoms with Gasteiger partial charge in [-0.1, -0.05) is 6.42 Å². The van der Waals surface area contributed by atoms with Crippen LogP contribution in [0.5, 0.6) is 0 Å². The molecule has 2 N–H and O–H groups in total. The highest BCUT2D eigenvalue weighted by molar-refractivity contribution is 14.0. The Labute approximate surface area is 168 Å². The van der Waals surface area contributed by atoms with Gasteiger partial charge in [-0.25, -0.2) is 4.99 Å². The number of rotatable bonds is 10. The van der Waals surface area contributed by atoms with E-state index >= 15 is 0 Å². The molecule has 0 aromatic heterocycles. The number of carbonyl (C=O) groups is 1. The molecule has 0 spiro atoms. The molecule has 0 unspecified atom stereocenters. The maximum absolute atomic E-state index is 11.7. The van der Waals surface area contributed by atoms with E-state index in [1.807, 2.05) is 0 Å². The summed E-state index contributed by atoms with van der Waals surface area (Å²) < 4.78 is 5.24. The van der Waals surface area contributed by atoms with Crippen molar-refractivity contribution in [2.75, 3.05) is 59.5 Å². The maximum atomic E-state index is 11.7. The number of aliphatic imine (C=N–C) groups is 1. The third kappa shape index (κ3) is 8.75. The number of methoxy groups -OCH3 is 1. The first kappa shape index (κ1) is 23.8. The third-order valence-electron chi connectivity index (χ3n) is 4.35. The molecule has 1 amide bonds. The zero-order valence-corrected chi connectivity index (χ0v) is 18.5. The lowest BCUT2D eigenvalue weighted by Gasteiger charge is -2.42. The Bertz CT molecular complexity index is 390. The van der Waals surface area contributed by atoms with E-state index in [4.69, 9.17) is 4.74 Å². The molecule has 0 aromatic rings. The molecular weight excluding hydrogens is 439 g/mol. The highest BCUT2D eigenvalue weighted by Gasteiger charge is 2.36. The molecule has 8 heteroatoms. The van der Waals surface area contributed by atoms with Gasteiger partial charge in [-0.15, -0.1) is 24.0 Å². The Morgan fingerprint density at radius 2 is 2.04 bits per heavy atom. The van der Waals surface area contributed by atoms with Crippen LogP contribution < -0.4 is 10.6 Å². The van der Waals surface area contributed by atoms with Crippen molar-refractivity contribution in [3.8, 4) is 0 Å². The number of hydrogen-bond acceptors (Lipinski definition) is 4. The molecule has 1 aliphatic rings. The molecule has 0 aliphatic heterocycles. The molecular formula is C16H33IN4O2S. The second-order valence-corrected chi connectivity index (χ2v) is 7.31. The summed E-state index contributed by atoms with van der Waals surface area (Å²) in [7, 11) is 5.25. The van der Waals surface area contributed by atoms with Crippen LogP contribution in [-0.4, -0.2) is 76.2 Å². The number of thioether (sulfide) groups is 1. The molecule has 0 saturated heterocycles. The molecule has 1 saturated carbocycles. The minimum Gasteiger partial charge on any atom is -0.385 e. The first-order valence-electron chi connectivity index (χ1n) is 8.23. The third-order valence-corrected chi connectivity index (χ3v) is 4.96. The topological polar surface area (TPSA) is 66.0 Å². The summed E-state index contributed by atoms with van der Waals surface area (Å²) in [4.78, 5) is 17.7. The average molecular weight is 472 g/mol. The first-order valence-corrected chi connectivity index (χ1v) is 9.62. The number of likely N-dealkylation sites (N-methyl/N-ethyl adjacent to an activating group) is 1. The highest BCUT2D eigenvalue weighted by atomic mass is 127. The van der Waals surface area contributed by atoms with Gasteiger partial charge in [0.25, 0.3) is 0 Å². The molecule has 1 fully saturated rings. The Balaban J connectivity index is 0.00000529. The predicted molar refractivity (Wildman–Crippen MR) is 114 cm³/mol. The van der Waals surface area contributed by atoms with Crippen LogP contribution in [0.3, 0.4) is 0 Å². The standard InChI is InChI=1S/C16H32N4O2S.HI/c1-20(2)14(21)12-18-15(17-9-11-23-4)19-13-16(6-5-7-16)8-10-22-3;/h5-13H2,1-4H3,(H2,17,18,19);1H. The SMILES string of the molecule is COCCC1(CNC(=NCC(=O)N(C)C)NCCSC)CCC1.I. The number of nitrogens with zero attached hydrogens (tertiary/aromatic N) is 2. The van der Waals surface area contributed by atoms with Gasteiger partial charge in [0.1, 0.15) is 6.54 Å². The lowest BCUT2D eigenvalue weighted by molar-refractivity contribution is -0.127. The van der Waals surface area contributed by atoms with Crippen molar-refractivity contribution in [2.24, 2.45) is 10.4 Å². The van der Waals surface area contributed by atoms with E-state index in [1.54, 1.807) is 37.9 Å². The van der Waals surface area contributed by atoms with Gasteiger partial charge in [-0.3, -0.25) is 4.79 Å². The number of hydrogen-bond donors (Lipinski definition) is 2. The quantitative estimate of drug-likeness (QED) is 0.220. The van der Waals surface area contributed by atoms with Crippen molar-refractivity contribution in [1.82, 2.24) is 15.5 Å². The van der Waals surface area contributed by atoms with Crippen molar-refractivity contribution in [3.05, 3.63) is 0 Å². The maximum Gasteiger partial charge on any atom is 0.243 e. The second-order valence-electron chi connectivity index (χ2n) is 6.32. The lowest BCUT2D eigenvalue weighted by Crippen LogP contribution is -2.47. The number of halogens is 1. The van der Waals surface area contributed by atoms with E-state index in [0.717, 1.165) is 37.8 Å². The summed E-state index contributed by atoms with van der Waals surface area (Å²) in [6, 6.07) is 0. The number of ether oxygens (including phenoxy) is 1. The summed E-state index contributed by atoms with van der Waals surface area (Å²) >= 11 is 1.79. The molecule has 142 valence electrons. The molecule has 1 aliphatic carbocycles. The molecule has 0 heterocycles. The van der Waals surface area contributed by atoms with Crippen LogP contribution >= 0.6 is 35.7 Å². The molecule has 1 rings (SSSR count). The Kier molecular flexibility index (Phi) is 12.9. The van der Waals surface area contributed by atoms with Crippen LogP contribution in [0, 0.1) is 5.41 Å². The van der Waals surface area contributed by atoms with Crippen LogP contribution in [0.15, 0.2) is 4.99 Å². The molecule has 6 nitrogen and oxygen atoms in total. The van der Waals surface area contributed by atoms with E-state index < -0.39 is 0 Å². The summed E-state index contributed by atoms with van der Waals surface area (Å²) in [6.45, 7) is 2.70. The van der Waals surface area contributed by atoms with Gasteiger partial charge in [0, 0.05) is 46.7 Å². The molecule has 0 aromatic carbocycles. The summed E-state index contributed by atoms with van der Waals surface area (Å²) in [6.07, 6.45) is 6.91. The van der Waals surface area contributed by atoms with Crippen LogP contribution in [0.1, 0.15) is 25.7 Å². The molecule has 24 heavy (non-hydrogen) atoms. The predicted octanol–water partition coefficient (Wildman–Crippen LogP) is 1.80. The molecule has 0 atom stereocenters. The van der Waals surface area contributed by atoms with Crippen molar-refractivity contribution in [2.45, 2.75) is 25.7 Å². The number of carbonyl (C=O) groups excluding carboxylic acids is 1. The monoisotopic (exact) mass is 472 g/mol. The van der Waals surface area contributed by atoms with E-state index in [0.29, 0.717) is 5.41 Å². The van der Waals surface area contributed by atoms with Crippen molar-refractivity contribution in [3.63, 3.8) is 0 Å². The van der Waals surface area contributed by atoms with Gasteiger partial charge in [-0.2, -0.15) is 11.8 Å². The Morgan fingerprint density at radius 3 is 2.54 bits per heavy atom. The van der Waals surface area contributed by atoms with E-state index in [9.17, 15) is 4.79 Å². The summed E-state index contributed by atoms with van der Waals surface area (Å²) in [5.74, 6) is 1.75. The van der Waals surface area contributed by atoms with Gasteiger partial charge < -0.3 is 20.3 Å². The molecule has 0 bridgehead atoms. The van der Waals surface area contributed by atoms with E-state index in [1.165, 1.54) is 19.3 Å². The van der Waals surface area contributed by atoms with E-state index in [-0.39, 0.29) is 36.4 Å². The average Bonchev–Trinajstić information content (AvgIpc) is 2.50. The van der Waals surface area contributed by atoms with E-state index in [2.05, 4.69) is 21.9 Å².